The number of hydrogen-bond donors (Lipinski definition) is 1. The lowest BCUT2D eigenvalue weighted by Crippen LogP contribution is -2.26. The fourth-order valence-electron chi connectivity index (χ4n) is 2.76. The quantitative estimate of drug-likeness (QED) is 0.450. The molecule has 0 fully saturated rings. The zero-order valence-corrected chi connectivity index (χ0v) is 17.2. The number of halogens is 2. The van der Waals surface area contributed by atoms with Crippen molar-refractivity contribution in [2.45, 2.75) is 19.4 Å². The van der Waals surface area contributed by atoms with Gasteiger partial charge >= 0.3 is 0 Å². The van der Waals surface area contributed by atoms with Gasteiger partial charge in [-0.15, -0.1) is 0 Å². The van der Waals surface area contributed by atoms with Crippen molar-refractivity contribution < 1.29 is 14.3 Å². The first kappa shape index (κ1) is 20.9. The number of carbonyl (C=O) groups excluding carboxylic acids is 2. The molecule has 29 heavy (non-hydrogen) atoms. The second-order valence-corrected chi connectivity index (χ2v) is 7.19. The molecule has 148 valence electrons. The van der Waals surface area contributed by atoms with Crippen LogP contribution in [0.4, 0.5) is 5.69 Å². The molecule has 3 aromatic carbocycles. The van der Waals surface area contributed by atoms with Crippen LogP contribution in [0.25, 0.3) is 0 Å². The van der Waals surface area contributed by atoms with Gasteiger partial charge in [0.2, 0.25) is 5.78 Å². The van der Waals surface area contributed by atoms with Gasteiger partial charge < -0.3 is 10.1 Å². The molecule has 6 heteroatoms. The Kier molecular flexibility index (Phi) is 6.91. The second-order valence-electron chi connectivity index (χ2n) is 6.35. The number of benzene rings is 3. The molecule has 3 rings (SSSR count). The van der Waals surface area contributed by atoms with Gasteiger partial charge in [0.15, 0.2) is 6.10 Å². The maximum atomic E-state index is 12.6. The number of ether oxygens (including phenoxy) is 1. The van der Waals surface area contributed by atoms with E-state index in [0.29, 0.717) is 34.0 Å². The van der Waals surface area contributed by atoms with Gasteiger partial charge in [0, 0.05) is 16.3 Å². The molecule has 1 unspecified atom stereocenters. The summed E-state index contributed by atoms with van der Waals surface area (Å²) in [6.45, 7) is 1.90. The lowest BCUT2D eigenvalue weighted by molar-refractivity contribution is 0.0786. The highest BCUT2D eigenvalue weighted by Crippen LogP contribution is 2.23. The van der Waals surface area contributed by atoms with Crippen LogP contribution < -0.4 is 10.1 Å². The number of nitrogens with one attached hydrogen (secondary N) is 1. The van der Waals surface area contributed by atoms with E-state index in [-0.39, 0.29) is 16.7 Å². The van der Waals surface area contributed by atoms with Crippen LogP contribution in [0.15, 0.2) is 72.8 Å². The van der Waals surface area contributed by atoms with Crippen molar-refractivity contribution in [1.29, 1.82) is 0 Å². The Hall–Kier alpha value is -2.82. The van der Waals surface area contributed by atoms with Crippen LogP contribution in [-0.4, -0.2) is 17.8 Å². The van der Waals surface area contributed by atoms with E-state index in [1.165, 1.54) is 6.07 Å². The fourth-order valence-corrected chi connectivity index (χ4v) is 3.26. The third-order valence-corrected chi connectivity index (χ3v) is 4.84. The number of ketones is 1. The number of anilines is 1. The molecular formula is C23H19Cl2NO3. The molecule has 3 aromatic rings. The molecule has 0 bridgehead atoms. The molecule has 0 spiro atoms. The topological polar surface area (TPSA) is 55.4 Å². The molecule has 0 aliphatic heterocycles. The van der Waals surface area contributed by atoms with Crippen LogP contribution in [0.2, 0.25) is 10.0 Å². The molecule has 1 amide bonds. The third kappa shape index (κ3) is 5.37. The number of rotatable bonds is 7. The number of Topliss-reactive ketones (excluding diaryl/α,β-unsaturated/α-hetero) is 1. The van der Waals surface area contributed by atoms with Crippen LogP contribution in [0.5, 0.6) is 5.75 Å². The Morgan fingerprint density at radius 1 is 0.966 bits per heavy atom. The van der Waals surface area contributed by atoms with Crippen molar-refractivity contribution >= 4 is 40.6 Å². The average molecular weight is 428 g/mol. The Morgan fingerprint density at radius 2 is 1.66 bits per heavy atom. The summed E-state index contributed by atoms with van der Waals surface area (Å²) in [5.74, 6) is 0.137. The minimum Gasteiger partial charge on any atom is -0.482 e. The standard InChI is InChI=1S/C23H19Cl2NO3/c1-2-21(22(27)15-6-4-3-5-7-15)29-18-11-9-17(10-12-18)26-23(28)19-13-8-16(24)14-20(19)25/h3-14,21H,2H2,1H3,(H,26,28). The largest absolute Gasteiger partial charge is 0.482 e. The van der Waals surface area contributed by atoms with Crippen molar-refractivity contribution in [1.82, 2.24) is 0 Å². The average Bonchev–Trinajstić information content (AvgIpc) is 2.73. The zero-order chi connectivity index (χ0) is 20.8. The van der Waals surface area contributed by atoms with Crippen LogP contribution in [0.3, 0.4) is 0 Å². The van der Waals surface area contributed by atoms with Crippen LogP contribution in [-0.2, 0) is 0 Å². The van der Waals surface area contributed by atoms with Gasteiger partial charge in [0.1, 0.15) is 5.75 Å². The summed E-state index contributed by atoms with van der Waals surface area (Å²) in [4.78, 5) is 25.0. The van der Waals surface area contributed by atoms with Crippen molar-refractivity contribution in [3.8, 4) is 5.75 Å². The van der Waals surface area contributed by atoms with Crippen molar-refractivity contribution in [3.05, 3.63) is 94.0 Å². The lowest BCUT2D eigenvalue weighted by Gasteiger charge is -2.17. The molecule has 0 saturated carbocycles. The van der Waals surface area contributed by atoms with E-state index in [0.717, 1.165) is 0 Å². The smallest absolute Gasteiger partial charge is 0.257 e. The molecule has 0 radical (unpaired) electrons. The van der Waals surface area contributed by atoms with Crippen LogP contribution in [0.1, 0.15) is 34.1 Å². The summed E-state index contributed by atoms with van der Waals surface area (Å²) < 4.78 is 5.86. The van der Waals surface area contributed by atoms with E-state index < -0.39 is 6.10 Å². The summed E-state index contributed by atoms with van der Waals surface area (Å²) in [6.07, 6.45) is -0.0351. The van der Waals surface area contributed by atoms with E-state index in [1.807, 2.05) is 25.1 Å². The summed E-state index contributed by atoms with van der Waals surface area (Å²) in [6, 6.07) is 20.6. The van der Waals surface area contributed by atoms with E-state index in [2.05, 4.69) is 5.32 Å². The Bertz CT molecular complexity index is 1000. The van der Waals surface area contributed by atoms with Gasteiger partial charge in [-0.2, -0.15) is 0 Å². The zero-order valence-electron chi connectivity index (χ0n) is 15.7. The first-order valence-corrected chi connectivity index (χ1v) is 9.86. The Labute approximate surface area is 179 Å². The fraction of sp³-hybridized carbons (Fsp3) is 0.130. The Morgan fingerprint density at radius 3 is 2.28 bits per heavy atom. The number of hydrogen-bond acceptors (Lipinski definition) is 3. The molecule has 0 heterocycles. The summed E-state index contributed by atoms with van der Waals surface area (Å²) in [7, 11) is 0. The molecule has 4 nitrogen and oxygen atoms in total. The highest BCUT2D eigenvalue weighted by atomic mass is 35.5. The maximum Gasteiger partial charge on any atom is 0.257 e. The van der Waals surface area contributed by atoms with Crippen molar-refractivity contribution in [3.63, 3.8) is 0 Å². The molecule has 0 aromatic heterocycles. The number of amides is 1. The third-order valence-electron chi connectivity index (χ3n) is 4.29. The summed E-state index contributed by atoms with van der Waals surface area (Å²) in [5.41, 5.74) is 1.52. The van der Waals surface area contributed by atoms with Crippen LogP contribution in [0, 0.1) is 0 Å². The lowest BCUT2D eigenvalue weighted by atomic mass is 10.0. The van der Waals surface area contributed by atoms with Crippen LogP contribution >= 0.6 is 23.2 Å². The van der Waals surface area contributed by atoms with Gasteiger partial charge in [-0.3, -0.25) is 9.59 Å². The normalized spacial score (nSPS) is 11.6. The minimum absolute atomic E-state index is 0.0668. The highest BCUT2D eigenvalue weighted by Gasteiger charge is 2.20. The van der Waals surface area contributed by atoms with Gasteiger partial charge in [-0.1, -0.05) is 60.5 Å². The first-order valence-electron chi connectivity index (χ1n) is 9.10. The van der Waals surface area contributed by atoms with Gasteiger partial charge in [-0.05, 0) is 48.9 Å². The molecule has 0 aliphatic carbocycles. The monoisotopic (exact) mass is 427 g/mol. The minimum atomic E-state index is -0.578. The molecular weight excluding hydrogens is 409 g/mol. The first-order chi connectivity index (χ1) is 14.0. The SMILES string of the molecule is CCC(Oc1ccc(NC(=O)c2ccc(Cl)cc2Cl)cc1)C(=O)c1ccccc1. The number of carbonyl (C=O) groups is 2. The summed E-state index contributed by atoms with van der Waals surface area (Å²) >= 11 is 11.9. The van der Waals surface area contributed by atoms with E-state index in [1.54, 1.807) is 48.5 Å². The predicted molar refractivity (Wildman–Crippen MR) is 116 cm³/mol. The highest BCUT2D eigenvalue weighted by molar-refractivity contribution is 6.37. The maximum absolute atomic E-state index is 12.6. The second kappa shape index (κ2) is 9.59. The van der Waals surface area contributed by atoms with E-state index >= 15 is 0 Å². The Balaban J connectivity index is 1.66. The van der Waals surface area contributed by atoms with Gasteiger partial charge in [0.25, 0.3) is 5.91 Å². The molecule has 0 saturated heterocycles. The molecule has 0 aliphatic rings. The van der Waals surface area contributed by atoms with Crippen molar-refractivity contribution in [2.75, 3.05) is 5.32 Å². The van der Waals surface area contributed by atoms with Gasteiger partial charge in [0.05, 0.1) is 10.6 Å². The van der Waals surface area contributed by atoms with Crippen molar-refractivity contribution in [2.24, 2.45) is 0 Å². The predicted octanol–water partition coefficient (Wildman–Crippen LogP) is 6.29. The van der Waals surface area contributed by atoms with E-state index in [4.69, 9.17) is 27.9 Å². The van der Waals surface area contributed by atoms with Gasteiger partial charge in [-0.25, -0.2) is 0 Å². The molecule has 1 N–H and O–H groups in total. The summed E-state index contributed by atoms with van der Waals surface area (Å²) in [5, 5.41) is 3.51. The van der Waals surface area contributed by atoms with E-state index in [9.17, 15) is 9.59 Å². The molecule has 1 atom stereocenters.